The third kappa shape index (κ3) is 4.12. The number of thioether (sulfide) groups is 1. The fourth-order valence-electron chi connectivity index (χ4n) is 3.82. The molecule has 1 saturated heterocycles. The Balaban J connectivity index is 1.61. The number of rotatable bonds is 5. The predicted octanol–water partition coefficient (Wildman–Crippen LogP) is 5.35. The maximum Gasteiger partial charge on any atom is 0.223 e. The van der Waals surface area contributed by atoms with Crippen LogP contribution in [0.5, 0.6) is 0 Å². The normalized spacial score (nSPS) is 22.2. The van der Waals surface area contributed by atoms with Crippen LogP contribution in [-0.4, -0.2) is 23.1 Å². The van der Waals surface area contributed by atoms with Gasteiger partial charge < -0.3 is 4.90 Å². The number of carbonyl (C=O) groups excluding carboxylic acids is 1. The van der Waals surface area contributed by atoms with Crippen molar-refractivity contribution >= 4 is 17.7 Å². The molecule has 1 aliphatic heterocycles. The Morgan fingerprint density at radius 1 is 1.22 bits per heavy atom. The summed E-state index contributed by atoms with van der Waals surface area (Å²) in [5, 5.41) is 0.229. The average molecular weight is 332 g/mol. The highest BCUT2D eigenvalue weighted by atomic mass is 32.2. The molecule has 2 nitrogen and oxygen atoms in total. The molecule has 3 rings (SSSR count). The molecular weight excluding hydrogens is 302 g/mol. The number of benzene rings is 1. The topological polar surface area (TPSA) is 20.3 Å². The van der Waals surface area contributed by atoms with Gasteiger partial charge in [0, 0.05) is 18.7 Å². The lowest BCUT2D eigenvalue weighted by Gasteiger charge is -2.25. The van der Waals surface area contributed by atoms with Gasteiger partial charge in [0.2, 0.25) is 5.91 Å². The van der Waals surface area contributed by atoms with E-state index in [4.69, 9.17) is 0 Å². The number of carbonyl (C=O) groups is 1. The molecule has 0 unspecified atom stereocenters. The van der Waals surface area contributed by atoms with Crippen molar-refractivity contribution in [1.82, 2.24) is 4.90 Å². The standard InChI is InChI=1S/C20H29NOS/c1-15(2)17-8-10-18(11-9-17)20-21(13-14-23-20)19(22)12-7-16-5-3-4-6-16/h8-11,15-16,20H,3-7,12-14H2,1-2H3/t20-/m0/s1. The molecule has 1 amide bonds. The summed E-state index contributed by atoms with van der Waals surface area (Å²) >= 11 is 1.91. The molecule has 0 spiro atoms. The van der Waals surface area contributed by atoms with Crippen LogP contribution in [0.15, 0.2) is 24.3 Å². The van der Waals surface area contributed by atoms with Crippen LogP contribution < -0.4 is 0 Å². The summed E-state index contributed by atoms with van der Waals surface area (Å²) < 4.78 is 0. The monoisotopic (exact) mass is 331 g/mol. The van der Waals surface area contributed by atoms with Crippen molar-refractivity contribution in [2.45, 2.75) is 63.7 Å². The lowest BCUT2D eigenvalue weighted by Crippen LogP contribution is -2.30. The van der Waals surface area contributed by atoms with E-state index >= 15 is 0 Å². The molecule has 0 N–H and O–H groups in total. The van der Waals surface area contributed by atoms with Gasteiger partial charge in [0.1, 0.15) is 5.37 Å². The van der Waals surface area contributed by atoms with Crippen LogP contribution in [-0.2, 0) is 4.79 Å². The first-order chi connectivity index (χ1) is 11.1. The summed E-state index contributed by atoms with van der Waals surface area (Å²) in [6.07, 6.45) is 7.24. The molecule has 1 atom stereocenters. The minimum Gasteiger partial charge on any atom is -0.326 e. The fraction of sp³-hybridized carbons (Fsp3) is 0.650. The van der Waals surface area contributed by atoms with Crippen LogP contribution >= 0.6 is 11.8 Å². The van der Waals surface area contributed by atoms with Crippen molar-refractivity contribution in [2.75, 3.05) is 12.3 Å². The van der Waals surface area contributed by atoms with Crippen molar-refractivity contribution in [1.29, 1.82) is 0 Å². The van der Waals surface area contributed by atoms with Gasteiger partial charge in [-0.25, -0.2) is 0 Å². The largest absolute Gasteiger partial charge is 0.326 e. The quantitative estimate of drug-likeness (QED) is 0.724. The molecule has 0 radical (unpaired) electrons. The summed E-state index contributed by atoms with van der Waals surface area (Å²) in [4.78, 5) is 14.8. The predicted molar refractivity (Wildman–Crippen MR) is 98.6 cm³/mol. The molecular formula is C20H29NOS. The lowest BCUT2D eigenvalue weighted by molar-refractivity contribution is -0.131. The van der Waals surface area contributed by atoms with Gasteiger partial charge in [0.25, 0.3) is 0 Å². The van der Waals surface area contributed by atoms with E-state index in [9.17, 15) is 4.79 Å². The van der Waals surface area contributed by atoms with Gasteiger partial charge in [-0.2, -0.15) is 0 Å². The van der Waals surface area contributed by atoms with Crippen LogP contribution in [0.2, 0.25) is 0 Å². The number of nitrogens with zero attached hydrogens (tertiary/aromatic N) is 1. The zero-order chi connectivity index (χ0) is 16.2. The van der Waals surface area contributed by atoms with Gasteiger partial charge in [-0.1, -0.05) is 63.8 Å². The van der Waals surface area contributed by atoms with E-state index in [0.29, 0.717) is 11.8 Å². The summed E-state index contributed by atoms with van der Waals surface area (Å²) in [6.45, 7) is 5.35. The molecule has 2 fully saturated rings. The second kappa shape index (κ2) is 7.74. The van der Waals surface area contributed by atoms with E-state index in [1.807, 2.05) is 11.8 Å². The average Bonchev–Trinajstić information content (AvgIpc) is 3.24. The van der Waals surface area contributed by atoms with Crippen molar-refractivity contribution < 1.29 is 4.79 Å². The second-order valence-corrected chi connectivity index (χ2v) is 8.51. The molecule has 3 heteroatoms. The Hall–Kier alpha value is -0.960. The highest BCUT2D eigenvalue weighted by Gasteiger charge is 2.30. The lowest BCUT2D eigenvalue weighted by atomic mass is 10.0. The fourth-order valence-corrected chi connectivity index (χ4v) is 5.10. The molecule has 2 aliphatic rings. The zero-order valence-corrected chi connectivity index (χ0v) is 15.3. The third-order valence-corrected chi connectivity index (χ3v) is 6.60. The molecule has 1 aliphatic carbocycles. The van der Waals surface area contributed by atoms with Gasteiger partial charge in [0.05, 0.1) is 0 Å². The van der Waals surface area contributed by atoms with E-state index in [1.54, 1.807) is 0 Å². The smallest absolute Gasteiger partial charge is 0.223 e. The van der Waals surface area contributed by atoms with E-state index in [1.165, 1.54) is 36.8 Å². The van der Waals surface area contributed by atoms with Gasteiger partial charge in [-0.05, 0) is 29.4 Å². The highest BCUT2D eigenvalue weighted by molar-refractivity contribution is 7.99. The van der Waals surface area contributed by atoms with Gasteiger partial charge >= 0.3 is 0 Å². The SMILES string of the molecule is CC(C)c1ccc([C@@H]2SCCN2C(=O)CCC2CCCC2)cc1. The van der Waals surface area contributed by atoms with Crippen molar-refractivity contribution in [3.63, 3.8) is 0 Å². The summed E-state index contributed by atoms with van der Waals surface area (Å²) in [5.74, 6) is 2.79. The molecule has 1 saturated carbocycles. The molecule has 1 aromatic rings. The first kappa shape index (κ1) is 16.9. The molecule has 0 bridgehead atoms. The molecule has 0 aromatic heterocycles. The Labute approximate surface area is 145 Å². The molecule has 1 heterocycles. The number of hydrogen-bond donors (Lipinski definition) is 0. The van der Waals surface area contributed by atoms with E-state index in [0.717, 1.165) is 31.1 Å². The van der Waals surface area contributed by atoms with Gasteiger partial charge in [-0.3, -0.25) is 4.79 Å². The number of amides is 1. The zero-order valence-electron chi connectivity index (χ0n) is 14.5. The van der Waals surface area contributed by atoms with Crippen LogP contribution in [0.1, 0.15) is 74.8 Å². The third-order valence-electron chi connectivity index (χ3n) is 5.34. The minimum absolute atomic E-state index is 0.229. The minimum atomic E-state index is 0.229. The van der Waals surface area contributed by atoms with Crippen molar-refractivity contribution in [2.24, 2.45) is 5.92 Å². The van der Waals surface area contributed by atoms with Crippen molar-refractivity contribution in [3.05, 3.63) is 35.4 Å². The number of hydrogen-bond acceptors (Lipinski definition) is 2. The molecule has 23 heavy (non-hydrogen) atoms. The van der Waals surface area contributed by atoms with Gasteiger partial charge in [0.15, 0.2) is 0 Å². The van der Waals surface area contributed by atoms with Crippen molar-refractivity contribution in [3.8, 4) is 0 Å². The van der Waals surface area contributed by atoms with E-state index in [2.05, 4.69) is 43.0 Å². The maximum absolute atomic E-state index is 12.7. The maximum atomic E-state index is 12.7. The first-order valence-corrected chi connectivity index (χ1v) is 10.2. The van der Waals surface area contributed by atoms with Crippen LogP contribution in [0, 0.1) is 5.92 Å². The van der Waals surface area contributed by atoms with Gasteiger partial charge in [-0.15, -0.1) is 11.8 Å². The second-order valence-electron chi connectivity index (χ2n) is 7.32. The summed E-state index contributed by atoms with van der Waals surface area (Å²) in [7, 11) is 0. The summed E-state index contributed by atoms with van der Waals surface area (Å²) in [6, 6.07) is 8.88. The highest BCUT2D eigenvalue weighted by Crippen LogP contribution is 2.39. The Bertz CT molecular complexity index is 519. The van der Waals surface area contributed by atoms with E-state index in [-0.39, 0.29) is 5.37 Å². The molecule has 126 valence electrons. The van der Waals surface area contributed by atoms with Crippen LogP contribution in [0.25, 0.3) is 0 Å². The van der Waals surface area contributed by atoms with E-state index < -0.39 is 0 Å². The Kier molecular flexibility index (Phi) is 5.68. The Morgan fingerprint density at radius 2 is 1.91 bits per heavy atom. The van der Waals surface area contributed by atoms with Crippen LogP contribution in [0.4, 0.5) is 0 Å². The molecule has 1 aromatic carbocycles. The first-order valence-electron chi connectivity index (χ1n) is 9.16. The van der Waals surface area contributed by atoms with Crippen LogP contribution in [0.3, 0.4) is 0 Å². The Morgan fingerprint density at radius 3 is 2.57 bits per heavy atom. The summed E-state index contributed by atoms with van der Waals surface area (Å²) in [5.41, 5.74) is 2.65.